The number of fused-ring (bicyclic) bond motifs is 4. The molecule has 4 aliphatic rings. The molecule has 0 radical (unpaired) electrons. The third-order valence-electron chi connectivity index (χ3n) is 12.8. The van der Waals surface area contributed by atoms with Crippen LogP contribution >= 0.6 is 0 Å². The molecule has 0 spiro atoms. The van der Waals surface area contributed by atoms with Crippen molar-refractivity contribution in [2.24, 2.45) is 10.4 Å². The number of aryl methyl sites for hydroxylation is 2. The predicted molar refractivity (Wildman–Crippen MR) is 258 cm³/mol. The van der Waals surface area contributed by atoms with Crippen LogP contribution < -0.4 is 14.2 Å². The van der Waals surface area contributed by atoms with Crippen molar-refractivity contribution in [3.8, 4) is 17.2 Å². The molecule has 4 aliphatic heterocycles. The summed E-state index contributed by atoms with van der Waals surface area (Å²) in [7, 11) is 1.57. The van der Waals surface area contributed by atoms with Crippen molar-refractivity contribution < 1.29 is 59.7 Å². The molecule has 0 saturated carbocycles. The second-order valence-electron chi connectivity index (χ2n) is 18.7. The number of ketones is 1. The van der Waals surface area contributed by atoms with E-state index in [0.717, 1.165) is 87.1 Å². The molecular formula is C56H58N3O6U-. The molecule has 4 heterocycles. The molecule has 0 aliphatic carbocycles. The number of hydrogen-bond acceptors (Lipinski definition) is 7. The number of rotatable bonds is 13. The molecule has 66 heavy (non-hydrogen) atoms. The summed E-state index contributed by atoms with van der Waals surface area (Å²) in [6.45, 7) is 9.11. The first-order valence-corrected chi connectivity index (χ1v) is 22.4. The number of amides is 2. The van der Waals surface area contributed by atoms with Gasteiger partial charge in [-0.1, -0.05) is 93.6 Å². The second kappa shape index (κ2) is 20.4. The minimum absolute atomic E-state index is 0. The Morgan fingerprint density at radius 1 is 0.727 bits per heavy atom. The van der Waals surface area contributed by atoms with Crippen LogP contribution in [0.15, 0.2) is 121 Å². The molecule has 5 aromatic rings. The van der Waals surface area contributed by atoms with Crippen LogP contribution in [0.5, 0.6) is 17.2 Å². The van der Waals surface area contributed by atoms with E-state index in [1.807, 2.05) is 79.0 Å². The number of methoxy groups -OCH3 is 1. The molecule has 9 nitrogen and oxygen atoms in total. The Morgan fingerprint density at radius 3 is 2.11 bits per heavy atom. The summed E-state index contributed by atoms with van der Waals surface area (Å²) in [4.78, 5) is 48.9. The summed E-state index contributed by atoms with van der Waals surface area (Å²) in [5.41, 5.74) is 11.2. The maximum atomic E-state index is 14.0. The Morgan fingerprint density at radius 2 is 1.39 bits per heavy atom. The molecule has 0 unspecified atom stereocenters. The zero-order valence-corrected chi connectivity index (χ0v) is 43.0. The zero-order valence-electron chi connectivity index (χ0n) is 38.9. The predicted octanol–water partition coefficient (Wildman–Crippen LogP) is 11.7. The SMILES string of the molecule is COc1cc2c(cc1OCc1cccc(COc3cc4c(cc3C)C(=O)N3C=C(c5ccc(CC(=O)CCC(C)(C)C)cc5)C[C@H]3CC4)c1)N=C[C@@H]1CC(c3ccccc3)=CN1C2=O.[CH3-].[U]. The number of aliphatic imine (C=N–C) groups is 1. The van der Waals surface area contributed by atoms with Crippen LogP contribution in [0.25, 0.3) is 11.1 Å². The van der Waals surface area contributed by atoms with Crippen molar-refractivity contribution in [1.82, 2.24) is 9.80 Å². The smallest absolute Gasteiger partial charge is 0.260 e. The number of benzene rings is 5. The van der Waals surface area contributed by atoms with Gasteiger partial charge >= 0.3 is 0 Å². The fourth-order valence-corrected chi connectivity index (χ4v) is 9.11. The van der Waals surface area contributed by atoms with E-state index >= 15 is 0 Å². The van der Waals surface area contributed by atoms with E-state index in [-0.39, 0.29) is 80.2 Å². The van der Waals surface area contributed by atoms with Gasteiger partial charge in [-0.05, 0) is 112 Å². The first-order valence-electron chi connectivity index (χ1n) is 22.4. The van der Waals surface area contributed by atoms with Gasteiger partial charge in [0, 0.05) is 86.7 Å². The van der Waals surface area contributed by atoms with Crippen LogP contribution in [0, 0.1) is 50.9 Å². The Bertz CT molecular complexity index is 2720. The molecule has 0 fully saturated rings. The van der Waals surface area contributed by atoms with Crippen molar-refractivity contribution in [2.75, 3.05) is 7.11 Å². The van der Waals surface area contributed by atoms with Crippen LogP contribution in [-0.2, 0) is 30.8 Å². The van der Waals surface area contributed by atoms with Gasteiger partial charge in [-0.25, -0.2) is 0 Å². The topological polar surface area (TPSA) is 97.7 Å². The van der Waals surface area contributed by atoms with Gasteiger partial charge in [0.05, 0.1) is 24.4 Å². The molecule has 0 N–H and O–H groups in total. The number of hydrogen-bond donors (Lipinski definition) is 0. The normalized spacial score (nSPS) is 17.2. The second-order valence-corrected chi connectivity index (χ2v) is 18.7. The average Bonchev–Trinajstić information content (AvgIpc) is 3.88. The first-order chi connectivity index (χ1) is 30.9. The van der Waals surface area contributed by atoms with Crippen LogP contribution in [0.4, 0.5) is 5.69 Å². The molecule has 2 atom stereocenters. The van der Waals surface area contributed by atoms with Gasteiger partial charge in [-0.15, -0.1) is 0 Å². The van der Waals surface area contributed by atoms with Gasteiger partial charge in [-0.2, -0.15) is 0 Å². The molecule has 0 aromatic heterocycles. The van der Waals surface area contributed by atoms with Crippen LogP contribution in [0.3, 0.4) is 0 Å². The standard InChI is InChI=1S/C55H55N3O6.CH3.U/c1-35-22-47-41(18-19-44-25-42(31-57(44)53(47)60)40-16-14-36(15-17-40)24-46(59)20-21-55(2,3)4)27-50(35)63-33-37-10-9-11-38(23-37)34-64-52-29-49-48(28-51(52)62-5)54(61)58-32-43(26-45(58)30-56-49)39-12-7-6-8-13-39;;/h6-17,22-23,27-32,44-45H,18-21,24-26,33-34H2,1-5H3;1H3;/q;-1;/t44-,45+;;/m1../s1. The number of ether oxygens (including phenoxy) is 3. The minimum Gasteiger partial charge on any atom is -0.493 e. The Balaban J connectivity index is 0.00000324. The van der Waals surface area contributed by atoms with Gasteiger partial charge in [0.15, 0.2) is 11.5 Å². The summed E-state index contributed by atoms with van der Waals surface area (Å²) in [6.07, 6.45) is 10.9. The number of Topliss-reactive ketones (excluding diaryl/α,β-unsaturated/α-hetero) is 1. The summed E-state index contributed by atoms with van der Waals surface area (Å²) >= 11 is 0. The van der Waals surface area contributed by atoms with Crippen molar-refractivity contribution in [3.05, 3.63) is 173 Å². The van der Waals surface area contributed by atoms with Crippen LogP contribution in [-0.4, -0.2) is 52.8 Å². The van der Waals surface area contributed by atoms with Gasteiger partial charge in [-0.3, -0.25) is 19.4 Å². The monoisotopic (exact) mass is 1110 g/mol. The van der Waals surface area contributed by atoms with Crippen LogP contribution in [0.2, 0.25) is 0 Å². The van der Waals surface area contributed by atoms with Gasteiger partial charge < -0.3 is 31.4 Å². The third kappa shape index (κ3) is 10.6. The van der Waals surface area contributed by atoms with E-state index < -0.39 is 0 Å². The molecule has 2 amide bonds. The van der Waals surface area contributed by atoms with E-state index in [2.05, 4.69) is 63.2 Å². The average molecular weight is 1110 g/mol. The Hall–Kier alpha value is -5.69. The first kappa shape index (κ1) is 48.3. The molecule has 0 saturated heterocycles. The van der Waals surface area contributed by atoms with E-state index in [9.17, 15) is 14.4 Å². The summed E-state index contributed by atoms with van der Waals surface area (Å²) < 4.78 is 18.5. The van der Waals surface area contributed by atoms with Gasteiger partial charge in [0.25, 0.3) is 11.8 Å². The fourth-order valence-electron chi connectivity index (χ4n) is 9.11. The molecular weight excluding hydrogens is 1050 g/mol. The van der Waals surface area contributed by atoms with Crippen molar-refractivity contribution in [3.63, 3.8) is 0 Å². The maximum Gasteiger partial charge on any atom is 0.260 e. The number of nitrogens with zero attached hydrogens (tertiary/aromatic N) is 3. The van der Waals surface area contributed by atoms with Crippen LogP contribution in [0.1, 0.15) is 113 Å². The van der Waals surface area contributed by atoms with E-state index in [0.29, 0.717) is 48.6 Å². The van der Waals surface area contributed by atoms with E-state index in [1.54, 1.807) is 24.1 Å². The molecule has 338 valence electrons. The fraction of sp³-hybridized carbons (Fsp3) is 0.304. The Kier molecular flexibility index (Phi) is 14.9. The third-order valence-corrected chi connectivity index (χ3v) is 12.8. The van der Waals surface area contributed by atoms with Gasteiger partial charge in [0.1, 0.15) is 24.7 Å². The molecule has 0 bridgehead atoms. The summed E-state index contributed by atoms with van der Waals surface area (Å²) in [5.74, 6) is 1.90. The minimum atomic E-state index is -0.166. The van der Waals surface area contributed by atoms with Crippen molar-refractivity contribution in [1.29, 1.82) is 0 Å². The summed E-state index contributed by atoms with van der Waals surface area (Å²) in [6, 6.07) is 33.9. The number of carbonyl (C=O) groups is 3. The molecule has 9 rings (SSSR count). The maximum absolute atomic E-state index is 14.0. The largest absolute Gasteiger partial charge is 0.493 e. The van der Waals surface area contributed by atoms with E-state index in [1.165, 1.54) is 0 Å². The van der Waals surface area contributed by atoms with Crippen molar-refractivity contribution in [2.45, 2.75) is 97.9 Å². The van der Waals surface area contributed by atoms with Crippen molar-refractivity contribution >= 4 is 40.6 Å². The Labute approximate surface area is 413 Å². The molecule has 10 heteroatoms. The summed E-state index contributed by atoms with van der Waals surface area (Å²) in [5, 5.41) is 0. The van der Waals surface area contributed by atoms with E-state index in [4.69, 9.17) is 19.2 Å². The van der Waals surface area contributed by atoms with Gasteiger partial charge in [0.2, 0.25) is 0 Å². The number of carbonyl (C=O) groups excluding carboxylic acids is 3. The molecule has 5 aromatic carbocycles. The zero-order chi connectivity index (χ0) is 44.5. The quantitative estimate of drug-likeness (QED) is 0.109.